The number of hydrogen-bond donors (Lipinski definition) is 0. The van der Waals surface area contributed by atoms with Crippen molar-refractivity contribution < 1.29 is 14.3 Å². The number of nitrogens with zero attached hydrogens (tertiary/aromatic N) is 1. The molecule has 0 unspecified atom stereocenters. The van der Waals surface area contributed by atoms with E-state index in [4.69, 9.17) is 4.74 Å². The molecule has 4 heteroatoms. The van der Waals surface area contributed by atoms with Gasteiger partial charge >= 0.3 is 6.09 Å². The van der Waals surface area contributed by atoms with Crippen LogP contribution in [0.15, 0.2) is 78.9 Å². The number of imide groups is 1. The van der Waals surface area contributed by atoms with E-state index in [1.54, 1.807) is 6.08 Å². The number of cyclic esters (lactones) is 1. The van der Waals surface area contributed by atoms with Gasteiger partial charge in [0.1, 0.15) is 12.6 Å². The maximum Gasteiger partial charge on any atom is 0.417 e. The first kappa shape index (κ1) is 16.1. The average Bonchev–Trinajstić information content (AvgIpc) is 3.08. The normalized spacial score (nSPS) is 17.0. The highest BCUT2D eigenvalue weighted by Gasteiger charge is 2.37. The van der Waals surface area contributed by atoms with Gasteiger partial charge in [0.2, 0.25) is 0 Å². The van der Waals surface area contributed by atoms with Crippen LogP contribution in [0.1, 0.15) is 17.2 Å². The number of amides is 2. The number of carbonyl (C=O) groups is 2. The van der Waals surface area contributed by atoms with Crippen molar-refractivity contribution in [3.63, 3.8) is 0 Å². The van der Waals surface area contributed by atoms with E-state index >= 15 is 0 Å². The molecule has 4 rings (SSSR count). The zero-order valence-electron chi connectivity index (χ0n) is 14.0. The molecule has 0 bridgehead atoms. The van der Waals surface area contributed by atoms with Gasteiger partial charge in [-0.25, -0.2) is 9.69 Å². The average molecular weight is 343 g/mol. The Morgan fingerprint density at radius 2 is 1.69 bits per heavy atom. The van der Waals surface area contributed by atoms with Gasteiger partial charge in [-0.15, -0.1) is 0 Å². The molecular weight excluding hydrogens is 326 g/mol. The van der Waals surface area contributed by atoms with E-state index in [0.29, 0.717) is 0 Å². The first-order valence-corrected chi connectivity index (χ1v) is 8.44. The van der Waals surface area contributed by atoms with E-state index in [1.807, 2.05) is 72.8 Å². The van der Waals surface area contributed by atoms with Crippen molar-refractivity contribution in [2.24, 2.45) is 0 Å². The third kappa shape index (κ3) is 3.09. The lowest BCUT2D eigenvalue weighted by atomic mass is 10.1. The summed E-state index contributed by atoms with van der Waals surface area (Å²) >= 11 is 0. The van der Waals surface area contributed by atoms with E-state index in [1.165, 1.54) is 11.0 Å². The van der Waals surface area contributed by atoms with Gasteiger partial charge in [-0.05, 0) is 34.0 Å². The van der Waals surface area contributed by atoms with Crippen LogP contribution in [0.25, 0.3) is 16.8 Å². The van der Waals surface area contributed by atoms with Crippen LogP contribution in [0.4, 0.5) is 4.79 Å². The second-order valence-corrected chi connectivity index (χ2v) is 6.15. The Balaban J connectivity index is 1.57. The fourth-order valence-electron chi connectivity index (χ4n) is 3.14. The highest BCUT2D eigenvalue weighted by molar-refractivity contribution is 6.02. The summed E-state index contributed by atoms with van der Waals surface area (Å²) in [5, 5.41) is 2.24. The quantitative estimate of drug-likeness (QED) is 0.654. The fourth-order valence-corrected chi connectivity index (χ4v) is 3.14. The Morgan fingerprint density at radius 1 is 0.962 bits per heavy atom. The SMILES string of the molecule is O=C(/C=C/c1ccc2ccccc2c1)N1C(=O)OC[C@H]1c1ccccc1. The van der Waals surface area contributed by atoms with Crippen molar-refractivity contribution in [1.29, 1.82) is 0 Å². The third-order valence-electron chi connectivity index (χ3n) is 4.49. The predicted octanol–water partition coefficient (Wildman–Crippen LogP) is 4.57. The van der Waals surface area contributed by atoms with Crippen LogP contribution in [-0.2, 0) is 9.53 Å². The Bertz CT molecular complexity index is 994. The van der Waals surface area contributed by atoms with Gasteiger partial charge in [0, 0.05) is 6.08 Å². The van der Waals surface area contributed by atoms with Gasteiger partial charge in [0.05, 0.1) is 0 Å². The largest absolute Gasteiger partial charge is 0.446 e. The van der Waals surface area contributed by atoms with Crippen molar-refractivity contribution in [1.82, 2.24) is 4.90 Å². The van der Waals surface area contributed by atoms with Crippen LogP contribution in [0.5, 0.6) is 0 Å². The summed E-state index contributed by atoms with van der Waals surface area (Å²) in [6.07, 6.45) is 2.54. The second-order valence-electron chi connectivity index (χ2n) is 6.15. The number of ether oxygens (including phenoxy) is 1. The molecule has 0 aliphatic carbocycles. The first-order chi connectivity index (χ1) is 12.7. The Kier molecular flexibility index (Phi) is 4.23. The van der Waals surface area contributed by atoms with Gasteiger partial charge < -0.3 is 4.74 Å². The van der Waals surface area contributed by atoms with Crippen LogP contribution in [0.3, 0.4) is 0 Å². The van der Waals surface area contributed by atoms with Crippen LogP contribution in [0.2, 0.25) is 0 Å². The van der Waals surface area contributed by atoms with E-state index in [-0.39, 0.29) is 12.5 Å². The van der Waals surface area contributed by atoms with Crippen molar-refractivity contribution in [2.45, 2.75) is 6.04 Å². The molecule has 1 aliphatic rings. The zero-order chi connectivity index (χ0) is 17.9. The van der Waals surface area contributed by atoms with Crippen LogP contribution in [0, 0.1) is 0 Å². The molecule has 1 atom stereocenters. The van der Waals surface area contributed by atoms with Crippen molar-refractivity contribution in [3.8, 4) is 0 Å². The van der Waals surface area contributed by atoms with E-state index in [2.05, 4.69) is 0 Å². The van der Waals surface area contributed by atoms with Gasteiger partial charge in [0.15, 0.2) is 0 Å². The molecule has 3 aromatic rings. The Labute approximate surface area is 151 Å². The molecule has 1 heterocycles. The summed E-state index contributed by atoms with van der Waals surface area (Å²) in [4.78, 5) is 25.8. The molecular formula is C22H17NO3. The number of rotatable bonds is 3. The summed E-state index contributed by atoms with van der Waals surface area (Å²) in [5.41, 5.74) is 1.78. The molecule has 26 heavy (non-hydrogen) atoms. The molecule has 3 aromatic carbocycles. The van der Waals surface area contributed by atoms with Crippen molar-refractivity contribution >= 4 is 28.8 Å². The van der Waals surface area contributed by atoms with Crippen LogP contribution >= 0.6 is 0 Å². The van der Waals surface area contributed by atoms with Gasteiger partial charge in [-0.3, -0.25) is 4.79 Å². The summed E-state index contributed by atoms with van der Waals surface area (Å²) in [6, 6.07) is 23.0. The number of benzene rings is 3. The smallest absolute Gasteiger partial charge is 0.417 e. The molecule has 4 nitrogen and oxygen atoms in total. The number of carbonyl (C=O) groups excluding carboxylic acids is 2. The topological polar surface area (TPSA) is 46.6 Å². The standard InChI is InChI=1S/C22H17NO3/c24-21(13-11-16-10-12-17-6-4-5-9-19(17)14-16)23-20(15-26-22(23)25)18-7-2-1-3-8-18/h1-14,20H,15H2/b13-11+/t20-/m0/s1. The minimum Gasteiger partial charge on any atom is -0.446 e. The molecule has 0 spiro atoms. The van der Waals surface area contributed by atoms with Crippen LogP contribution in [-0.4, -0.2) is 23.5 Å². The minimum atomic E-state index is -0.605. The molecule has 1 saturated heterocycles. The molecule has 0 N–H and O–H groups in total. The number of fused-ring (bicyclic) bond motifs is 1. The van der Waals surface area contributed by atoms with Crippen molar-refractivity contribution in [3.05, 3.63) is 90.0 Å². The number of hydrogen-bond acceptors (Lipinski definition) is 3. The fraction of sp³-hybridized carbons (Fsp3) is 0.0909. The lowest BCUT2D eigenvalue weighted by Gasteiger charge is -2.18. The van der Waals surface area contributed by atoms with E-state index in [0.717, 1.165) is 21.9 Å². The molecule has 1 fully saturated rings. The lowest BCUT2D eigenvalue weighted by molar-refractivity contribution is -0.124. The summed E-state index contributed by atoms with van der Waals surface area (Å²) in [5.74, 6) is -0.380. The second kappa shape index (κ2) is 6.84. The molecule has 128 valence electrons. The van der Waals surface area contributed by atoms with E-state index < -0.39 is 12.1 Å². The first-order valence-electron chi connectivity index (χ1n) is 8.44. The third-order valence-corrected chi connectivity index (χ3v) is 4.49. The summed E-state index contributed by atoms with van der Waals surface area (Å²) in [7, 11) is 0. The maximum atomic E-state index is 12.6. The highest BCUT2D eigenvalue weighted by Crippen LogP contribution is 2.28. The Hall–Kier alpha value is -3.40. The molecule has 1 aliphatic heterocycles. The Morgan fingerprint density at radius 3 is 2.50 bits per heavy atom. The van der Waals surface area contributed by atoms with Gasteiger partial charge in [0.25, 0.3) is 5.91 Å². The minimum absolute atomic E-state index is 0.179. The zero-order valence-corrected chi connectivity index (χ0v) is 14.0. The highest BCUT2D eigenvalue weighted by atomic mass is 16.6. The predicted molar refractivity (Wildman–Crippen MR) is 100 cm³/mol. The lowest BCUT2D eigenvalue weighted by Crippen LogP contribution is -2.32. The molecule has 0 aromatic heterocycles. The monoisotopic (exact) mass is 343 g/mol. The summed E-state index contributed by atoms with van der Waals surface area (Å²) < 4.78 is 5.10. The van der Waals surface area contributed by atoms with E-state index in [9.17, 15) is 9.59 Å². The van der Waals surface area contributed by atoms with Gasteiger partial charge in [-0.2, -0.15) is 0 Å². The summed E-state index contributed by atoms with van der Waals surface area (Å²) in [6.45, 7) is 0.179. The molecule has 2 amide bonds. The maximum absolute atomic E-state index is 12.6. The van der Waals surface area contributed by atoms with Gasteiger partial charge in [-0.1, -0.05) is 66.7 Å². The molecule has 0 radical (unpaired) electrons. The van der Waals surface area contributed by atoms with Crippen molar-refractivity contribution in [2.75, 3.05) is 6.61 Å². The van der Waals surface area contributed by atoms with Crippen LogP contribution < -0.4 is 0 Å². The molecule has 0 saturated carbocycles.